The Morgan fingerprint density at radius 2 is 1.88 bits per heavy atom. The highest BCUT2D eigenvalue weighted by atomic mass is 32.2. The number of rotatable bonds is 8. The van der Waals surface area contributed by atoms with Gasteiger partial charge in [0.1, 0.15) is 6.54 Å². The molecule has 8 heteroatoms. The van der Waals surface area contributed by atoms with E-state index < -0.39 is 17.1 Å². The van der Waals surface area contributed by atoms with Crippen molar-refractivity contribution in [3.63, 3.8) is 0 Å². The number of thioether (sulfide) groups is 1. The number of carbonyl (C=O) groups is 3. The second kappa shape index (κ2) is 10.4. The molecule has 168 valence electrons. The summed E-state index contributed by atoms with van der Waals surface area (Å²) in [5.41, 5.74) is 2.36. The number of nitrogens with one attached hydrogen (secondary N) is 1. The van der Waals surface area contributed by atoms with Gasteiger partial charge in [-0.15, -0.1) is 0 Å². The highest BCUT2D eigenvalue weighted by Crippen LogP contribution is 2.35. The molecular weight excluding hydrogens is 428 g/mol. The van der Waals surface area contributed by atoms with Gasteiger partial charge in [0.2, 0.25) is 5.91 Å². The maximum atomic E-state index is 12.7. The Kier molecular flexibility index (Phi) is 7.58. The van der Waals surface area contributed by atoms with Gasteiger partial charge in [-0.05, 0) is 67.9 Å². The molecular formula is C24H26N2O5S. The number of hydrogen-bond acceptors (Lipinski definition) is 6. The van der Waals surface area contributed by atoms with Crippen LogP contribution in [0.5, 0.6) is 11.5 Å². The fraction of sp³-hybridized carbons (Fsp3) is 0.292. The van der Waals surface area contributed by atoms with Gasteiger partial charge in [-0.1, -0.05) is 30.7 Å². The van der Waals surface area contributed by atoms with Crippen LogP contribution >= 0.6 is 11.8 Å². The smallest absolute Gasteiger partial charge is 0.294 e. The highest BCUT2D eigenvalue weighted by molar-refractivity contribution is 8.18. The van der Waals surface area contributed by atoms with Crippen LogP contribution in [0.4, 0.5) is 10.5 Å². The SMILES string of the molecule is CC[C@H](C)Oc1ccc(/C=C2\SC(=O)N(CC(=O)Nc3ccc(C)cc3)C2=O)cc1OC. The minimum Gasteiger partial charge on any atom is -0.493 e. The van der Waals surface area contributed by atoms with Crippen molar-refractivity contribution in [2.75, 3.05) is 19.0 Å². The molecule has 0 aromatic heterocycles. The Balaban J connectivity index is 1.70. The molecule has 7 nitrogen and oxygen atoms in total. The van der Waals surface area contributed by atoms with Crippen LogP contribution in [-0.2, 0) is 9.59 Å². The predicted molar refractivity (Wildman–Crippen MR) is 126 cm³/mol. The molecule has 2 aromatic rings. The van der Waals surface area contributed by atoms with Gasteiger partial charge < -0.3 is 14.8 Å². The van der Waals surface area contributed by atoms with Crippen molar-refractivity contribution in [3.8, 4) is 11.5 Å². The van der Waals surface area contributed by atoms with Crippen LogP contribution in [-0.4, -0.2) is 41.7 Å². The third-order valence-electron chi connectivity index (χ3n) is 4.90. The van der Waals surface area contributed by atoms with Crippen molar-refractivity contribution in [2.24, 2.45) is 0 Å². The number of imide groups is 1. The molecule has 0 saturated carbocycles. The molecule has 1 heterocycles. The molecule has 32 heavy (non-hydrogen) atoms. The molecule has 0 unspecified atom stereocenters. The van der Waals surface area contributed by atoms with E-state index in [2.05, 4.69) is 5.32 Å². The van der Waals surface area contributed by atoms with Crippen LogP contribution in [0.2, 0.25) is 0 Å². The molecule has 0 spiro atoms. The lowest BCUT2D eigenvalue weighted by Crippen LogP contribution is -2.36. The third kappa shape index (κ3) is 5.70. The number of amides is 3. The lowest BCUT2D eigenvalue weighted by atomic mass is 10.1. The molecule has 1 saturated heterocycles. The van der Waals surface area contributed by atoms with Gasteiger partial charge in [0.15, 0.2) is 11.5 Å². The van der Waals surface area contributed by atoms with Crippen LogP contribution < -0.4 is 14.8 Å². The zero-order valence-electron chi connectivity index (χ0n) is 18.5. The topological polar surface area (TPSA) is 84.9 Å². The van der Waals surface area contributed by atoms with Gasteiger partial charge in [-0.3, -0.25) is 19.3 Å². The van der Waals surface area contributed by atoms with Crippen LogP contribution in [0.3, 0.4) is 0 Å². The van der Waals surface area contributed by atoms with Gasteiger partial charge in [-0.25, -0.2) is 0 Å². The summed E-state index contributed by atoms with van der Waals surface area (Å²) in [4.78, 5) is 38.6. The summed E-state index contributed by atoms with van der Waals surface area (Å²) < 4.78 is 11.2. The predicted octanol–water partition coefficient (Wildman–Crippen LogP) is 4.86. The van der Waals surface area contributed by atoms with Crippen LogP contribution in [0.25, 0.3) is 6.08 Å². The fourth-order valence-corrected chi connectivity index (χ4v) is 3.78. The average Bonchev–Trinajstić information content (AvgIpc) is 3.03. The standard InChI is InChI=1S/C24H26N2O5S/c1-5-16(3)31-19-11-8-17(12-20(19)30-4)13-21-23(28)26(24(29)32-21)14-22(27)25-18-9-6-15(2)7-10-18/h6-13,16H,5,14H2,1-4H3,(H,25,27)/b21-13-/t16-/m0/s1. The molecule has 0 aliphatic carbocycles. The maximum Gasteiger partial charge on any atom is 0.294 e. The quantitative estimate of drug-likeness (QED) is 0.574. The van der Waals surface area contributed by atoms with E-state index in [-0.39, 0.29) is 17.6 Å². The van der Waals surface area contributed by atoms with Crippen molar-refractivity contribution in [1.29, 1.82) is 0 Å². The molecule has 2 aromatic carbocycles. The molecule has 1 aliphatic heterocycles. The first-order valence-corrected chi connectivity index (χ1v) is 11.1. The van der Waals surface area contributed by atoms with E-state index in [1.165, 1.54) is 0 Å². The van der Waals surface area contributed by atoms with Gasteiger partial charge >= 0.3 is 0 Å². The second-order valence-corrected chi connectivity index (χ2v) is 8.42. The minimum atomic E-state index is -0.502. The Morgan fingerprint density at radius 1 is 1.16 bits per heavy atom. The van der Waals surface area contributed by atoms with Crippen LogP contribution in [0, 0.1) is 6.92 Å². The molecule has 1 N–H and O–H groups in total. The summed E-state index contributed by atoms with van der Waals surface area (Å²) >= 11 is 0.805. The molecule has 3 rings (SSSR count). The first kappa shape index (κ1) is 23.4. The average molecular weight is 455 g/mol. The zero-order valence-corrected chi connectivity index (χ0v) is 19.3. The number of anilines is 1. The van der Waals surface area contributed by atoms with Crippen molar-refractivity contribution in [2.45, 2.75) is 33.3 Å². The van der Waals surface area contributed by atoms with Gasteiger partial charge in [0, 0.05) is 5.69 Å². The van der Waals surface area contributed by atoms with Crippen molar-refractivity contribution in [3.05, 3.63) is 58.5 Å². The summed E-state index contributed by atoms with van der Waals surface area (Å²) in [6.45, 7) is 5.60. The Morgan fingerprint density at radius 3 is 2.53 bits per heavy atom. The fourth-order valence-electron chi connectivity index (χ4n) is 2.94. The summed E-state index contributed by atoms with van der Waals surface area (Å²) in [6, 6.07) is 12.6. The van der Waals surface area contributed by atoms with E-state index in [0.717, 1.165) is 28.6 Å². The largest absolute Gasteiger partial charge is 0.493 e. The van der Waals surface area contributed by atoms with E-state index in [1.807, 2.05) is 32.9 Å². The number of methoxy groups -OCH3 is 1. The molecule has 0 bridgehead atoms. The number of carbonyl (C=O) groups excluding carboxylic acids is 3. The lowest BCUT2D eigenvalue weighted by Gasteiger charge is -2.15. The maximum absolute atomic E-state index is 12.7. The van der Waals surface area contributed by atoms with Crippen molar-refractivity contribution in [1.82, 2.24) is 4.90 Å². The highest BCUT2D eigenvalue weighted by Gasteiger charge is 2.36. The van der Waals surface area contributed by atoms with E-state index >= 15 is 0 Å². The molecule has 1 fully saturated rings. The van der Waals surface area contributed by atoms with E-state index in [1.54, 1.807) is 43.5 Å². The second-order valence-electron chi connectivity index (χ2n) is 7.43. The number of nitrogens with zero attached hydrogens (tertiary/aromatic N) is 1. The Hall–Kier alpha value is -3.26. The third-order valence-corrected chi connectivity index (χ3v) is 5.81. The summed E-state index contributed by atoms with van der Waals surface area (Å²) in [5.74, 6) is 0.208. The van der Waals surface area contributed by atoms with Crippen LogP contribution in [0.15, 0.2) is 47.4 Å². The Bertz CT molecular complexity index is 1050. The first-order valence-electron chi connectivity index (χ1n) is 10.3. The normalized spacial score (nSPS) is 15.8. The zero-order chi connectivity index (χ0) is 23.3. The summed E-state index contributed by atoms with van der Waals surface area (Å²) in [7, 11) is 1.54. The first-order chi connectivity index (χ1) is 15.3. The van der Waals surface area contributed by atoms with Crippen molar-refractivity contribution < 1.29 is 23.9 Å². The van der Waals surface area contributed by atoms with Gasteiger partial charge in [0.25, 0.3) is 11.1 Å². The van der Waals surface area contributed by atoms with Gasteiger partial charge in [0.05, 0.1) is 18.1 Å². The minimum absolute atomic E-state index is 0.0392. The Labute approximate surface area is 191 Å². The van der Waals surface area contributed by atoms with Crippen molar-refractivity contribution >= 4 is 40.6 Å². The van der Waals surface area contributed by atoms with E-state index in [9.17, 15) is 14.4 Å². The monoisotopic (exact) mass is 454 g/mol. The molecule has 0 radical (unpaired) electrons. The number of hydrogen-bond donors (Lipinski definition) is 1. The molecule has 3 amide bonds. The summed E-state index contributed by atoms with van der Waals surface area (Å²) in [5, 5.41) is 2.22. The molecule has 1 aliphatic rings. The van der Waals surface area contributed by atoms with Crippen LogP contribution in [0.1, 0.15) is 31.4 Å². The summed E-state index contributed by atoms with van der Waals surface area (Å²) in [6.07, 6.45) is 2.51. The molecule has 1 atom stereocenters. The number of ether oxygens (including phenoxy) is 2. The number of benzene rings is 2. The van der Waals surface area contributed by atoms with E-state index in [4.69, 9.17) is 9.47 Å². The van der Waals surface area contributed by atoms with Gasteiger partial charge in [-0.2, -0.15) is 0 Å². The number of aryl methyl sites for hydroxylation is 1. The van der Waals surface area contributed by atoms with E-state index in [0.29, 0.717) is 22.7 Å². The lowest BCUT2D eigenvalue weighted by molar-refractivity contribution is -0.127.